The lowest BCUT2D eigenvalue weighted by molar-refractivity contribution is -0.132. The van der Waals surface area contributed by atoms with Gasteiger partial charge < -0.3 is 15.3 Å². The van der Waals surface area contributed by atoms with Crippen molar-refractivity contribution in [2.75, 3.05) is 13.6 Å². The van der Waals surface area contributed by atoms with Crippen LogP contribution in [-0.4, -0.2) is 35.5 Å². The Morgan fingerprint density at radius 3 is 2.89 bits per heavy atom. The van der Waals surface area contributed by atoms with Gasteiger partial charge in [-0.3, -0.25) is 4.79 Å². The fourth-order valence-corrected chi connectivity index (χ4v) is 2.72. The number of hydrogen-bond acceptors (Lipinski definition) is 3. The summed E-state index contributed by atoms with van der Waals surface area (Å²) < 4.78 is 0. The summed E-state index contributed by atoms with van der Waals surface area (Å²) >= 11 is 11.8. The Bertz CT molecular complexity index is 494. The van der Waals surface area contributed by atoms with E-state index in [9.17, 15) is 9.90 Å². The number of phenols is 1. The molecule has 2 rings (SSSR count). The van der Waals surface area contributed by atoms with Crippen molar-refractivity contribution in [1.29, 1.82) is 0 Å². The predicted molar refractivity (Wildman–Crippen MR) is 75.6 cm³/mol. The van der Waals surface area contributed by atoms with Crippen LogP contribution in [0.3, 0.4) is 0 Å². The molecule has 1 unspecified atom stereocenters. The smallest absolute Gasteiger partial charge is 0.222 e. The molecular formula is C13H16Cl2N2O2. The van der Waals surface area contributed by atoms with E-state index in [1.165, 1.54) is 6.07 Å². The van der Waals surface area contributed by atoms with Gasteiger partial charge in [0, 0.05) is 43.2 Å². The molecule has 1 aromatic carbocycles. The Kier molecular flexibility index (Phi) is 4.55. The zero-order valence-corrected chi connectivity index (χ0v) is 12.1. The molecule has 1 aromatic rings. The molecule has 1 amide bonds. The summed E-state index contributed by atoms with van der Waals surface area (Å²) in [6, 6.07) is 3.42. The van der Waals surface area contributed by atoms with E-state index >= 15 is 0 Å². The fraction of sp³-hybridized carbons (Fsp3) is 0.462. The molecular weight excluding hydrogens is 287 g/mol. The molecule has 2 N–H and O–H groups in total. The van der Waals surface area contributed by atoms with Crippen molar-refractivity contribution in [1.82, 2.24) is 10.2 Å². The van der Waals surface area contributed by atoms with Gasteiger partial charge >= 0.3 is 0 Å². The van der Waals surface area contributed by atoms with Crippen molar-refractivity contribution >= 4 is 29.1 Å². The molecule has 0 spiro atoms. The number of amides is 1. The highest BCUT2D eigenvalue weighted by Crippen LogP contribution is 2.31. The molecule has 1 aliphatic rings. The number of halogens is 2. The predicted octanol–water partition coefficient (Wildman–Crippen LogP) is 2.41. The third-order valence-corrected chi connectivity index (χ3v) is 3.82. The van der Waals surface area contributed by atoms with Gasteiger partial charge in [-0.05, 0) is 18.6 Å². The van der Waals surface area contributed by atoms with Crippen molar-refractivity contribution in [2.24, 2.45) is 0 Å². The molecule has 0 saturated carbocycles. The summed E-state index contributed by atoms with van der Waals surface area (Å²) in [5, 5.41) is 13.9. The molecule has 0 aliphatic carbocycles. The zero-order chi connectivity index (χ0) is 14.0. The second-order valence-electron chi connectivity index (χ2n) is 4.79. The highest BCUT2D eigenvalue weighted by Gasteiger charge is 2.22. The highest BCUT2D eigenvalue weighted by molar-refractivity contribution is 6.35. The van der Waals surface area contributed by atoms with Crippen LogP contribution in [0, 0.1) is 0 Å². The second-order valence-corrected chi connectivity index (χ2v) is 5.63. The first kappa shape index (κ1) is 14.4. The van der Waals surface area contributed by atoms with Crippen molar-refractivity contribution in [3.8, 4) is 5.75 Å². The van der Waals surface area contributed by atoms with Gasteiger partial charge in [0.1, 0.15) is 5.75 Å². The minimum atomic E-state index is 0.0545. The van der Waals surface area contributed by atoms with Crippen LogP contribution in [0.25, 0.3) is 0 Å². The average Bonchev–Trinajstić information content (AvgIpc) is 2.36. The van der Waals surface area contributed by atoms with Crippen LogP contribution in [0.5, 0.6) is 5.75 Å². The number of nitrogens with one attached hydrogen (secondary N) is 1. The number of phenolic OH excluding ortho intramolecular Hbond substituents is 1. The SMILES string of the molecule is CN1CC(NCc2cc(Cl)cc(Cl)c2O)CCC1=O. The van der Waals surface area contributed by atoms with Gasteiger partial charge in [0.05, 0.1) is 5.02 Å². The lowest BCUT2D eigenvalue weighted by Gasteiger charge is -2.30. The quantitative estimate of drug-likeness (QED) is 0.901. The Morgan fingerprint density at radius 2 is 2.21 bits per heavy atom. The van der Waals surface area contributed by atoms with Crippen molar-refractivity contribution < 1.29 is 9.90 Å². The van der Waals surface area contributed by atoms with Crippen LogP contribution in [0.15, 0.2) is 12.1 Å². The number of rotatable bonds is 3. The maximum atomic E-state index is 11.4. The molecule has 1 atom stereocenters. The molecule has 1 saturated heterocycles. The normalized spacial score (nSPS) is 19.8. The third-order valence-electron chi connectivity index (χ3n) is 3.31. The van der Waals surface area contributed by atoms with E-state index in [2.05, 4.69) is 5.32 Å². The van der Waals surface area contributed by atoms with Gasteiger partial charge in [-0.1, -0.05) is 23.2 Å². The molecule has 1 aliphatic heterocycles. The summed E-state index contributed by atoms with van der Waals surface area (Å²) in [5.74, 6) is 0.227. The van der Waals surface area contributed by atoms with Crippen LogP contribution in [-0.2, 0) is 11.3 Å². The Labute approximate surface area is 122 Å². The van der Waals surface area contributed by atoms with Crippen LogP contribution in [0.4, 0.5) is 0 Å². The summed E-state index contributed by atoms with van der Waals surface area (Å²) in [7, 11) is 1.80. The molecule has 104 valence electrons. The molecule has 1 heterocycles. The molecule has 0 aromatic heterocycles. The Balaban J connectivity index is 1.98. The number of likely N-dealkylation sites (N-methyl/N-ethyl adjacent to an activating group) is 1. The van der Waals surface area contributed by atoms with E-state index in [0.717, 1.165) is 6.42 Å². The molecule has 4 nitrogen and oxygen atoms in total. The van der Waals surface area contributed by atoms with Crippen LogP contribution in [0.1, 0.15) is 18.4 Å². The molecule has 0 bridgehead atoms. The first-order valence-electron chi connectivity index (χ1n) is 6.11. The fourth-order valence-electron chi connectivity index (χ4n) is 2.19. The summed E-state index contributed by atoms with van der Waals surface area (Å²) in [6.07, 6.45) is 1.36. The van der Waals surface area contributed by atoms with E-state index in [-0.39, 0.29) is 22.7 Å². The highest BCUT2D eigenvalue weighted by atomic mass is 35.5. The number of carbonyl (C=O) groups is 1. The minimum absolute atomic E-state index is 0.0545. The molecule has 1 fully saturated rings. The van der Waals surface area contributed by atoms with Gasteiger partial charge in [0.25, 0.3) is 0 Å². The topological polar surface area (TPSA) is 52.6 Å². The number of aromatic hydroxyl groups is 1. The van der Waals surface area contributed by atoms with Crippen LogP contribution in [0.2, 0.25) is 10.0 Å². The monoisotopic (exact) mass is 302 g/mol. The number of hydrogen-bond donors (Lipinski definition) is 2. The van der Waals surface area contributed by atoms with E-state index in [1.807, 2.05) is 0 Å². The van der Waals surface area contributed by atoms with Crippen molar-refractivity contribution in [3.63, 3.8) is 0 Å². The summed E-state index contributed by atoms with van der Waals surface area (Å²) in [5.41, 5.74) is 0.664. The number of benzene rings is 1. The summed E-state index contributed by atoms with van der Waals surface area (Å²) in [6.45, 7) is 1.15. The maximum absolute atomic E-state index is 11.4. The lowest BCUT2D eigenvalue weighted by atomic mass is 10.1. The third kappa shape index (κ3) is 3.53. The number of likely N-dealkylation sites (tertiary alicyclic amines) is 1. The minimum Gasteiger partial charge on any atom is -0.506 e. The summed E-state index contributed by atoms with van der Waals surface area (Å²) in [4.78, 5) is 13.1. The molecule has 6 heteroatoms. The van der Waals surface area contributed by atoms with Crippen molar-refractivity contribution in [3.05, 3.63) is 27.7 Å². The standard InChI is InChI=1S/C13H16Cl2N2O2/c1-17-7-10(2-3-12(17)18)16-6-8-4-9(14)5-11(15)13(8)19/h4-5,10,16,19H,2-3,6-7H2,1H3. The van der Waals surface area contributed by atoms with Gasteiger partial charge in [0.2, 0.25) is 5.91 Å². The van der Waals surface area contributed by atoms with Gasteiger partial charge in [-0.25, -0.2) is 0 Å². The Hall–Kier alpha value is -0.970. The first-order chi connectivity index (χ1) is 8.97. The van der Waals surface area contributed by atoms with Crippen LogP contribution >= 0.6 is 23.2 Å². The van der Waals surface area contributed by atoms with Crippen molar-refractivity contribution in [2.45, 2.75) is 25.4 Å². The molecule has 0 radical (unpaired) electrons. The second kappa shape index (κ2) is 5.99. The largest absolute Gasteiger partial charge is 0.506 e. The lowest BCUT2D eigenvalue weighted by Crippen LogP contribution is -2.46. The number of carbonyl (C=O) groups excluding carboxylic acids is 1. The van der Waals surface area contributed by atoms with E-state index in [4.69, 9.17) is 23.2 Å². The van der Waals surface area contributed by atoms with Gasteiger partial charge in [-0.15, -0.1) is 0 Å². The zero-order valence-electron chi connectivity index (χ0n) is 10.6. The first-order valence-corrected chi connectivity index (χ1v) is 6.87. The van der Waals surface area contributed by atoms with Gasteiger partial charge in [0.15, 0.2) is 0 Å². The average molecular weight is 303 g/mol. The van der Waals surface area contributed by atoms with E-state index in [1.54, 1.807) is 18.0 Å². The maximum Gasteiger partial charge on any atom is 0.222 e. The van der Waals surface area contributed by atoms with E-state index in [0.29, 0.717) is 30.1 Å². The van der Waals surface area contributed by atoms with Crippen LogP contribution < -0.4 is 5.32 Å². The number of piperidine rings is 1. The van der Waals surface area contributed by atoms with E-state index < -0.39 is 0 Å². The van der Waals surface area contributed by atoms with Gasteiger partial charge in [-0.2, -0.15) is 0 Å². The Morgan fingerprint density at radius 1 is 1.47 bits per heavy atom. The number of nitrogens with zero attached hydrogens (tertiary/aromatic N) is 1. The molecule has 19 heavy (non-hydrogen) atoms.